The minimum atomic E-state index is -0.251. The summed E-state index contributed by atoms with van der Waals surface area (Å²) in [4.78, 5) is 16.0. The van der Waals surface area contributed by atoms with Crippen molar-refractivity contribution in [3.8, 4) is 5.69 Å². The summed E-state index contributed by atoms with van der Waals surface area (Å²) >= 11 is 8.30. The van der Waals surface area contributed by atoms with Crippen LogP contribution in [0.25, 0.3) is 16.6 Å². The standard InChI is InChI=1S/C19H15N3OS3/c1-12(17(23)15-11-20-16-10-6-5-9-14(15)16)25-18-21-22(19(24)26-18)13-7-3-2-4-8-13/h2-12,20H,1H3/t12-/m0/s1. The second kappa shape index (κ2) is 7.19. The van der Waals surface area contributed by atoms with E-state index in [1.54, 1.807) is 10.9 Å². The molecule has 4 nitrogen and oxygen atoms in total. The Morgan fingerprint density at radius 1 is 1.19 bits per heavy atom. The molecule has 0 spiro atoms. The number of carbonyl (C=O) groups is 1. The van der Waals surface area contributed by atoms with Gasteiger partial charge in [0.2, 0.25) is 0 Å². The molecule has 0 fully saturated rings. The Bertz CT molecular complexity index is 1130. The molecule has 2 aromatic heterocycles. The fraction of sp³-hybridized carbons (Fsp3) is 0.105. The Kier molecular flexibility index (Phi) is 4.76. The molecule has 0 saturated heterocycles. The Balaban J connectivity index is 1.58. The fourth-order valence-electron chi connectivity index (χ4n) is 2.74. The number of H-pyrrole nitrogens is 1. The normalized spacial score (nSPS) is 12.3. The summed E-state index contributed by atoms with van der Waals surface area (Å²) in [6, 6.07) is 17.6. The summed E-state index contributed by atoms with van der Waals surface area (Å²) < 4.78 is 3.20. The zero-order valence-electron chi connectivity index (χ0n) is 13.9. The number of carbonyl (C=O) groups excluding carboxylic acids is 1. The summed E-state index contributed by atoms with van der Waals surface area (Å²) in [5, 5.41) is 5.28. The van der Waals surface area contributed by atoms with Gasteiger partial charge in [0, 0.05) is 22.7 Å². The molecule has 0 aliphatic rings. The fourth-order valence-corrected chi connectivity index (χ4v) is 5.31. The Morgan fingerprint density at radius 3 is 2.73 bits per heavy atom. The number of aromatic nitrogens is 3. The van der Waals surface area contributed by atoms with Gasteiger partial charge < -0.3 is 4.98 Å². The number of aromatic amines is 1. The van der Waals surface area contributed by atoms with Crippen LogP contribution < -0.4 is 0 Å². The summed E-state index contributed by atoms with van der Waals surface area (Å²) in [6.07, 6.45) is 1.79. The van der Waals surface area contributed by atoms with Gasteiger partial charge in [0.25, 0.3) is 0 Å². The number of benzene rings is 2. The van der Waals surface area contributed by atoms with Crippen LogP contribution in [-0.4, -0.2) is 25.8 Å². The van der Waals surface area contributed by atoms with E-state index in [0.29, 0.717) is 9.52 Å². The molecule has 26 heavy (non-hydrogen) atoms. The molecule has 1 N–H and O–H groups in total. The first kappa shape index (κ1) is 17.2. The van der Waals surface area contributed by atoms with E-state index in [2.05, 4.69) is 10.1 Å². The minimum absolute atomic E-state index is 0.0832. The quantitative estimate of drug-likeness (QED) is 0.274. The van der Waals surface area contributed by atoms with E-state index >= 15 is 0 Å². The number of hydrogen-bond acceptors (Lipinski definition) is 5. The van der Waals surface area contributed by atoms with Crippen LogP contribution in [0.1, 0.15) is 17.3 Å². The molecule has 0 radical (unpaired) electrons. The van der Waals surface area contributed by atoms with Gasteiger partial charge in [-0.2, -0.15) is 0 Å². The number of hydrogen-bond donors (Lipinski definition) is 1. The van der Waals surface area contributed by atoms with Crippen LogP contribution in [0, 0.1) is 3.95 Å². The Labute approximate surface area is 163 Å². The molecule has 2 aromatic carbocycles. The third kappa shape index (κ3) is 3.25. The van der Waals surface area contributed by atoms with Crippen LogP contribution in [0.2, 0.25) is 0 Å². The van der Waals surface area contributed by atoms with Gasteiger partial charge in [-0.15, -0.1) is 5.10 Å². The molecule has 0 aliphatic heterocycles. The van der Waals surface area contributed by atoms with Crippen LogP contribution in [0.5, 0.6) is 0 Å². The second-order valence-corrected chi connectivity index (χ2v) is 8.96. The summed E-state index contributed by atoms with van der Waals surface area (Å²) in [5.41, 5.74) is 2.61. The molecule has 0 bridgehead atoms. The van der Waals surface area contributed by atoms with Gasteiger partial charge in [0.15, 0.2) is 14.1 Å². The van der Waals surface area contributed by atoms with Crippen molar-refractivity contribution < 1.29 is 4.79 Å². The molecular weight excluding hydrogens is 382 g/mol. The van der Waals surface area contributed by atoms with E-state index in [9.17, 15) is 4.79 Å². The Hall–Kier alpha value is -2.22. The van der Waals surface area contributed by atoms with E-state index in [1.807, 2.05) is 61.5 Å². The van der Waals surface area contributed by atoms with Gasteiger partial charge in [-0.3, -0.25) is 4.79 Å². The van der Waals surface area contributed by atoms with Crippen LogP contribution in [-0.2, 0) is 0 Å². The molecule has 7 heteroatoms. The van der Waals surface area contributed by atoms with E-state index < -0.39 is 0 Å². The molecule has 4 rings (SSSR count). The number of rotatable bonds is 5. The van der Waals surface area contributed by atoms with Gasteiger partial charge in [-0.05, 0) is 37.3 Å². The van der Waals surface area contributed by atoms with Gasteiger partial charge in [0.1, 0.15) is 0 Å². The summed E-state index contributed by atoms with van der Waals surface area (Å²) in [6.45, 7) is 1.91. The highest BCUT2D eigenvalue weighted by Crippen LogP contribution is 2.30. The molecule has 0 unspecified atom stereocenters. The zero-order chi connectivity index (χ0) is 18.1. The first-order valence-corrected chi connectivity index (χ1v) is 10.2. The number of nitrogens with zero attached hydrogens (tertiary/aromatic N) is 2. The van der Waals surface area contributed by atoms with E-state index in [4.69, 9.17) is 12.2 Å². The van der Waals surface area contributed by atoms with Crippen molar-refractivity contribution in [2.24, 2.45) is 0 Å². The maximum Gasteiger partial charge on any atom is 0.184 e. The smallest absolute Gasteiger partial charge is 0.184 e. The molecule has 130 valence electrons. The van der Waals surface area contributed by atoms with Crippen molar-refractivity contribution in [2.75, 3.05) is 0 Å². The zero-order valence-corrected chi connectivity index (χ0v) is 16.3. The van der Waals surface area contributed by atoms with Gasteiger partial charge in [-0.25, -0.2) is 4.68 Å². The maximum atomic E-state index is 12.9. The average molecular weight is 398 g/mol. The molecule has 0 saturated carbocycles. The van der Waals surface area contributed by atoms with Crippen LogP contribution in [0.3, 0.4) is 0 Å². The number of para-hydroxylation sites is 2. The van der Waals surface area contributed by atoms with Crippen molar-refractivity contribution in [2.45, 2.75) is 16.5 Å². The van der Waals surface area contributed by atoms with Gasteiger partial charge in [-0.1, -0.05) is 59.5 Å². The predicted molar refractivity (Wildman–Crippen MR) is 110 cm³/mol. The lowest BCUT2D eigenvalue weighted by atomic mass is 10.1. The summed E-state index contributed by atoms with van der Waals surface area (Å²) in [7, 11) is 0. The molecule has 2 heterocycles. The SMILES string of the molecule is C[C@H](Sc1nn(-c2ccccc2)c(=S)s1)C(=O)c1c[nH]c2ccccc12. The van der Waals surface area contributed by atoms with Crippen molar-refractivity contribution >= 4 is 52.0 Å². The number of Topliss-reactive ketones (excluding diaryl/α,β-unsaturated/α-hetero) is 1. The van der Waals surface area contributed by atoms with E-state index in [1.165, 1.54) is 23.1 Å². The maximum absolute atomic E-state index is 12.9. The lowest BCUT2D eigenvalue weighted by Crippen LogP contribution is -2.13. The lowest BCUT2D eigenvalue weighted by Gasteiger charge is -2.07. The number of fused-ring (bicyclic) bond motifs is 1. The predicted octanol–water partition coefficient (Wildman–Crippen LogP) is 5.51. The highest BCUT2D eigenvalue weighted by Gasteiger charge is 2.21. The molecule has 0 aliphatic carbocycles. The van der Waals surface area contributed by atoms with Crippen molar-refractivity contribution in [1.29, 1.82) is 0 Å². The van der Waals surface area contributed by atoms with Crippen LogP contribution in [0.4, 0.5) is 0 Å². The van der Waals surface area contributed by atoms with E-state index in [0.717, 1.165) is 20.9 Å². The third-order valence-electron chi connectivity index (χ3n) is 4.03. The second-order valence-electron chi connectivity index (χ2n) is 5.75. The molecule has 1 atom stereocenters. The first-order chi connectivity index (χ1) is 12.6. The first-order valence-electron chi connectivity index (χ1n) is 8.06. The van der Waals surface area contributed by atoms with E-state index in [-0.39, 0.29) is 11.0 Å². The van der Waals surface area contributed by atoms with Crippen LogP contribution >= 0.6 is 35.3 Å². The highest BCUT2D eigenvalue weighted by atomic mass is 32.2. The average Bonchev–Trinajstić information content (AvgIpc) is 3.25. The lowest BCUT2D eigenvalue weighted by molar-refractivity contribution is 0.0995. The Morgan fingerprint density at radius 2 is 1.92 bits per heavy atom. The summed E-state index contributed by atoms with van der Waals surface area (Å²) in [5.74, 6) is 0.0832. The number of thioether (sulfide) groups is 1. The highest BCUT2D eigenvalue weighted by molar-refractivity contribution is 8.02. The van der Waals surface area contributed by atoms with Crippen molar-refractivity contribution in [3.63, 3.8) is 0 Å². The molecular formula is C19H15N3OS3. The molecule has 4 aromatic rings. The van der Waals surface area contributed by atoms with Crippen LogP contribution in [0.15, 0.2) is 65.1 Å². The largest absolute Gasteiger partial charge is 0.360 e. The minimum Gasteiger partial charge on any atom is -0.360 e. The topological polar surface area (TPSA) is 50.7 Å². The van der Waals surface area contributed by atoms with Gasteiger partial charge in [0.05, 0.1) is 10.9 Å². The monoisotopic (exact) mass is 397 g/mol. The third-order valence-corrected chi connectivity index (χ3v) is 6.45. The van der Waals surface area contributed by atoms with Crippen molar-refractivity contribution in [3.05, 3.63) is 70.3 Å². The number of ketones is 1. The van der Waals surface area contributed by atoms with Crippen molar-refractivity contribution in [1.82, 2.24) is 14.8 Å². The molecule has 0 amide bonds. The number of nitrogens with one attached hydrogen (secondary N) is 1. The van der Waals surface area contributed by atoms with Gasteiger partial charge >= 0.3 is 0 Å².